The second-order valence-electron chi connectivity index (χ2n) is 8.61. The molecule has 174 valence electrons. The Kier molecular flexibility index (Phi) is 6.47. The molecule has 1 saturated carbocycles. The van der Waals surface area contributed by atoms with Gasteiger partial charge in [-0.2, -0.15) is 5.10 Å². The number of fused-ring (bicyclic) bond motifs is 1. The van der Waals surface area contributed by atoms with Gasteiger partial charge in [0.15, 0.2) is 11.4 Å². The molecule has 1 aliphatic rings. The van der Waals surface area contributed by atoms with Crippen molar-refractivity contribution in [2.24, 2.45) is 5.92 Å². The van der Waals surface area contributed by atoms with Crippen molar-refractivity contribution in [3.8, 4) is 11.5 Å². The number of H-pyrrole nitrogens is 1. The smallest absolute Gasteiger partial charge is 0.196 e. The third-order valence-corrected chi connectivity index (χ3v) is 6.66. The van der Waals surface area contributed by atoms with Crippen molar-refractivity contribution in [3.05, 3.63) is 77.1 Å². The van der Waals surface area contributed by atoms with Crippen molar-refractivity contribution in [2.45, 2.75) is 31.7 Å². The highest BCUT2D eigenvalue weighted by molar-refractivity contribution is 6.35. The van der Waals surface area contributed by atoms with Gasteiger partial charge in [0.05, 0.1) is 27.9 Å². The highest BCUT2D eigenvalue weighted by Gasteiger charge is 2.24. The number of para-hydroxylation sites is 1. The van der Waals surface area contributed by atoms with E-state index in [4.69, 9.17) is 16.3 Å². The largest absolute Gasteiger partial charge is 0.457 e. The first-order valence-electron chi connectivity index (χ1n) is 11.4. The molecule has 8 heteroatoms. The zero-order chi connectivity index (χ0) is 23.5. The molecule has 7 nitrogen and oxygen atoms in total. The van der Waals surface area contributed by atoms with Crippen molar-refractivity contribution in [3.63, 3.8) is 0 Å². The molecule has 2 aromatic heterocycles. The molecule has 5 rings (SSSR count). The summed E-state index contributed by atoms with van der Waals surface area (Å²) in [5, 5.41) is 22.2. The van der Waals surface area contributed by atoms with Gasteiger partial charge in [-0.05, 0) is 55.9 Å². The van der Waals surface area contributed by atoms with E-state index >= 15 is 0 Å². The summed E-state index contributed by atoms with van der Waals surface area (Å²) in [5.41, 5.74) is 2.17. The van der Waals surface area contributed by atoms with Crippen molar-refractivity contribution < 1.29 is 14.6 Å². The van der Waals surface area contributed by atoms with E-state index < -0.39 is 0 Å². The molecule has 0 aliphatic heterocycles. The quantitative estimate of drug-likeness (QED) is 0.300. The maximum absolute atomic E-state index is 13.5. The molecule has 1 aliphatic carbocycles. The Morgan fingerprint density at radius 3 is 2.62 bits per heavy atom. The molecule has 0 saturated heterocycles. The summed E-state index contributed by atoms with van der Waals surface area (Å²) in [6.07, 6.45) is 7.17. The number of aliphatic hydroxyl groups is 1. The lowest BCUT2D eigenvalue weighted by atomic mass is 9.86. The standard InChI is InChI=1S/C26H25ClN4O3/c27-22-12-19(34-18-4-2-1-3-5-18)10-11-20(22)25(33)21-13-28-26-24(21)23(14-29-31-26)30-17-8-6-16(15-32)7-9-17/h1-5,10-14,16-17,32H,6-9,15H2,(H2,28,30,31). The number of halogens is 1. The van der Waals surface area contributed by atoms with E-state index in [0.29, 0.717) is 44.6 Å². The monoisotopic (exact) mass is 476 g/mol. The number of hydrogen-bond donors (Lipinski definition) is 3. The highest BCUT2D eigenvalue weighted by Crippen LogP contribution is 2.33. The van der Waals surface area contributed by atoms with Crippen LogP contribution in [0.15, 0.2) is 60.9 Å². The van der Waals surface area contributed by atoms with Crippen LogP contribution >= 0.6 is 11.6 Å². The summed E-state index contributed by atoms with van der Waals surface area (Å²) in [5.74, 6) is 1.41. The number of nitrogens with one attached hydrogen (secondary N) is 2. The second kappa shape index (κ2) is 9.83. The summed E-state index contributed by atoms with van der Waals surface area (Å²) in [6, 6.07) is 14.7. The van der Waals surface area contributed by atoms with E-state index in [2.05, 4.69) is 20.5 Å². The molecular weight excluding hydrogens is 452 g/mol. The number of ketones is 1. The van der Waals surface area contributed by atoms with Crippen LogP contribution in [0.5, 0.6) is 11.5 Å². The Labute approximate surface area is 202 Å². The van der Waals surface area contributed by atoms with E-state index in [-0.39, 0.29) is 18.4 Å². The number of aromatic nitrogens is 3. The lowest BCUT2D eigenvalue weighted by molar-refractivity contribution is 0.104. The fourth-order valence-electron chi connectivity index (χ4n) is 4.48. The van der Waals surface area contributed by atoms with Crippen LogP contribution in [0.3, 0.4) is 0 Å². The fraction of sp³-hybridized carbons (Fsp3) is 0.269. The van der Waals surface area contributed by atoms with Crippen molar-refractivity contribution >= 4 is 34.1 Å². The van der Waals surface area contributed by atoms with E-state index in [9.17, 15) is 9.90 Å². The average Bonchev–Trinajstić information content (AvgIpc) is 3.30. The van der Waals surface area contributed by atoms with Crippen LogP contribution in [0, 0.1) is 5.92 Å². The molecule has 3 N–H and O–H groups in total. The Morgan fingerprint density at radius 2 is 1.88 bits per heavy atom. The molecule has 0 unspecified atom stereocenters. The van der Waals surface area contributed by atoms with Gasteiger partial charge < -0.3 is 20.1 Å². The van der Waals surface area contributed by atoms with Crippen LogP contribution < -0.4 is 10.1 Å². The minimum atomic E-state index is -0.206. The first-order chi connectivity index (χ1) is 16.6. The maximum atomic E-state index is 13.5. The van der Waals surface area contributed by atoms with E-state index in [1.807, 2.05) is 30.3 Å². The second-order valence-corrected chi connectivity index (χ2v) is 9.02. The first-order valence-corrected chi connectivity index (χ1v) is 11.8. The molecule has 1 fully saturated rings. The van der Waals surface area contributed by atoms with Crippen LogP contribution in [-0.2, 0) is 0 Å². The molecule has 0 radical (unpaired) electrons. The Morgan fingerprint density at radius 1 is 1.09 bits per heavy atom. The summed E-state index contributed by atoms with van der Waals surface area (Å²) >= 11 is 6.51. The van der Waals surface area contributed by atoms with E-state index in [1.54, 1.807) is 30.6 Å². The van der Waals surface area contributed by atoms with E-state index in [0.717, 1.165) is 31.4 Å². The number of benzene rings is 2. The number of rotatable bonds is 7. The van der Waals surface area contributed by atoms with Gasteiger partial charge in [-0.25, -0.2) is 0 Å². The predicted octanol–water partition coefficient (Wildman–Crippen LogP) is 5.60. The van der Waals surface area contributed by atoms with Gasteiger partial charge in [0.25, 0.3) is 0 Å². The van der Waals surface area contributed by atoms with Crippen LogP contribution in [-0.4, -0.2) is 38.7 Å². The molecule has 0 spiro atoms. The topological polar surface area (TPSA) is 100 Å². The Hall–Kier alpha value is -3.42. The van der Waals surface area contributed by atoms with E-state index in [1.165, 1.54) is 0 Å². The number of anilines is 1. The molecule has 4 aromatic rings. The van der Waals surface area contributed by atoms with Gasteiger partial charge >= 0.3 is 0 Å². The van der Waals surface area contributed by atoms with Crippen LogP contribution in [0.2, 0.25) is 5.02 Å². The van der Waals surface area contributed by atoms with Gasteiger partial charge in [0, 0.05) is 30.5 Å². The van der Waals surface area contributed by atoms with Gasteiger partial charge in [-0.1, -0.05) is 29.8 Å². The summed E-state index contributed by atoms with van der Waals surface area (Å²) in [4.78, 5) is 16.6. The number of carbonyl (C=O) groups excluding carboxylic acids is 1. The number of aromatic amines is 1. The molecule has 0 bridgehead atoms. The maximum Gasteiger partial charge on any atom is 0.196 e. The molecule has 34 heavy (non-hydrogen) atoms. The summed E-state index contributed by atoms with van der Waals surface area (Å²) in [7, 11) is 0. The molecular formula is C26H25ClN4O3. The molecule has 0 amide bonds. The highest BCUT2D eigenvalue weighted by atomic mass is 35.5. The SMILES string of the molecule is O=C(c1ccc(Oc2ccccc2)cc1Cl)c1c[nH]c2nncc(NC3CCC(CO)CC3)c12. The Balaban J connectivity index is 1.40. The number of aliphatic hydroxyl groups excluding tert-OH is 1. The number of carbonyl (C=O) groups is 1. The van der Waals surface area contributed by atoms with Crippen molar-refractivity contribution in [1.82, 2.24) is 15.2 Å². The zero-order valence-corrected chi connectivity index (χ0v) is 19.3. The lowest BCUT2D eigenvalue weighted by Crippen LogP contribution is -2.27. The summed E-state index contributed by atoms with van der Waals surface area (Å²) < 4.78 is 5.83. The minimum Gasteiger partial charge on any atom is -0.457 e. The van der Waals surface area contributed by atoms with Crippen LogP contribution in [0.1, 0.15) is 41.6 Å². The van der Waals surface area contributed by atoms with Crippen molar-refractivity contribution in [2.75, 3.05) is 11.9 Å². The number of ether oxygens (including phenoxy) is 1. The zero-order valence-electron chi connectivity index (χ0n) is 18.5. The van der Waals surface area contributed by atoms with Gasteiger partial charge in [-0.15, -0.1) is 5.10 Å². The molecule has 0 atom stereocenters. The van der Waals surface area contributed by atoms with Gasteiger partial charge in [0.1, 0.15) is 11.5 Å². The van der Waals surface area contributed by atoms with Gasteiger partial charge in [0.2, 0.25) is 0 Å². The van der Waals surface area contributed by atoms with Crippen molar-refractivity contribution in [1.29, 1.82) is 0 Å². The predicted molar refractivity (Wildman–Crippen MR) is 132 cm³/mol. The minimum absolute atomic E-state index is 0.206. The van der Waals surface area contributed by atoms with Crippen LogP contribution in [0.4, 0.5) is 5.69 Å². The average molecular weight is 477 g/mol. The third-order valence-electron chi connectivity index (χ3n) is 6.35. The van der Waals surface area contributed by atoms with Gasteiger partial charge in [-0.3, -0.25) is 4.79 Å². The lowest BCUT2D eigenvalue weighted by Gasteiger charge is -2.28. The first kappa shape index (κ1) is 22.4. The fourth-order valence-corrected chi connectivity index (χ4v) is 4.74. The third kappa shape index (κ3) is 4.62. The normalized spacial score (nSPS) is 18.1. The molecule has 2 aromatic carbocycles. The Bertz CT molecular complexity index is 1300. The summed E-state index contributed by atoms with van der Waals surface area (Å²) in [6.45, 7) is 0.236. The number of nitrogens with zero attached hydrogens (tertiary/aromatic N) is 2. The van der Waals surface area contributed by atoms with Crippen LogP contribution in [0.25, 0.3) is 11.0 Å². The number of hydrogen-bond acceptors (Lipinski definition) is 6. The molecule has 2 heterocycles.